The van der Waals surface area contributed by atoms with Crippen LogP contribution in [0.1, 0.15) is 39.2 Å². The SMILES string of the molecule is CCOCCCN(C(=O)C=C(C)C)[C@@H]1CC(C(=O)NCCO)=C[C@H](Oc2c(I)cc(CO)cc2OC)[C@H]1O. The van der Waals surface area contributed by atoms with Crippen molar-refractivity contribution in [3.63, 3.8) is 0 Å². The highest BCUT2D eigenvalue weighted by atomic mass is 127. The number of nitrogens with zero attached hydrogens (tertiary/aromatic N) is 1. The molecule has 11 heteroatoms. The smallest absolute Gasteiger partial charge is 0.247 e. The molecule has 0 fully saturated rings. The number of hydrogen-bond donors (Lipinski definition) is 4. The summed E-state index contributed by atoms with van der Waals surface area (Å²) in [5.41, 5.74) is 1.77. The van der Waals surface area contributed by atoms with Crippen molar-refractivity contribution in [2.75, 3.05) is 40.0 Å². The van der Waals surface area contributed by atoms with Gasteiger partial charge < -0.3 is 39.7 Å². The molecule has 2 amide bonds. The molecule has 1 aromatic rings. The van der Waals surface area contributed by atoms with Gasteiger partial charge >= 0.3 is 0 Å². The molecule has 1 aliphatic rings. The van der Waals surface area contributed by atoms with Crippen molar-refractivity contribution in [3.8, 4) is 11.5 Å². The van der Waals surface area contributed by atoms with Crippen molar-refractivity contribution in [2.24, 2.45) is 0 Å². The van der Waals surface area contributed by atoms with E-state index < -0.39 is 24.2 Å². The van der Waals surface area contributed by atoms with E-state index in [9.17, 15) is 19.8 Å². The maximum Gasteiger partial charge on any atom is 0.247 e. The van der Waals surface area contributed by atoms with Gasteiger partial charge in [-0.1, -0.05) is 5.57 Å². The first-order valence-corrected chi connectivity index (χ1v) is 13.7. The summed E-state index contributed by atoms with van der Waals surface area (Å²) in [6.07, 6.45) is 1.56. The lowest BCUT2D eigenvalue weighted by Crippen LogP contribution is -2.55. The standard InChI is InChI=1S/C27H39IN2O8/c1-5-37-10-6-8-30(24(33)11-17(2)3)21-14-19(27(35)29-7-9-31)15-22(25(21)34)38-26-20(28)12-18(16-32)13-23(26)36-4/h11-13,15,21-22,25,31-32,34H,5-10,14,16H2,1-4H3,(H,29,35)/t21-,22+,25+/m1/s1. The van der Waals surface area contributed by atoms with E-state index in [-0.39, 0.29) is 32.1 Å². The lowest BCUT2D eigenvalue weighted by atomic mass is 9.88. The van der Waals surface area contributed by atoms with Crippen molar-refractivity contribution < 1.29 is 39.1 Å². The van der Waals surface area contributed by atoms with Gasteiger partial charge in [0.25, 0.3) is 0 Å². The van der Waals surface area contributed by atoms with Crippen LogP contribution in [0, 0.1) is 3.57 Å². The summed E-state index contributed by atoms with van der Waals surface area (Å²) in [5, 5.41) is 32.9. The molecule has 0 saturated carbocycles. The van der Waals surface area contributed by atoms with Crippen LogP contribution in [0.3, 0.4) is 0 Å². The van der Waals surface area contributed by atoms with Crippen LogP contribution in [0.2, 0.25) is 0 Å². The maximum absolute atomic E-state index is 13.3. The summed E-state index contributed by atoms with van der Waals surface area (Å²) in [5.74, 6) is 0.0237. The Morgan fingerprint density at radius 2 is 2.00 bits per heavy atom. The lowest BCUT2D eigenvalue weighted by Gasteiger charge is -2.40. The van der Waals surface area contributed by atoms with E-state index in [1.807, 2.05) is 20.8 Å². The summed E-state index contributed by atoms with van der Waals surface area (Å²) in [7, 11) is 1.47. The number of benzene rings is 1. The van der Waals surface area contributed by atoms with Gasteiger partial charge in [-0.3, -0.25) is 9.59 Å². The minimum Gasteiger partial charge on any atom is -0.493 e. The molecule has 38 heavy (non-hydrogen) atoms. The number of rotatable bonds is 14. The Kier molecular flexibility index (Phi) is 13.5. The summed E-state index contributed by atoms with van der Waals surface area (Å²) >= 11 is 2.06. The van der Waals surface area contributed by atoms with Crippen LogP contribution in [-0.2, 0) is 20.9 Å². The molecule has 3 atom stereocenters. The molecule has 212 valence electrons. The third-order valence-electron chi connectivity index (χ3n) is 5.93. The highest BCUT2D eigenvalue weighted by molar-refractivity contribution is 14.1. The third kappa shape index (κ3) is 8.94. The monoisotopic (exact) mass is 646 g/mol. The normalized spacial score (nSPS) is 18.8. The molecular weight excluding hydrogens is 607 g/mol. The molecule has 10 nitrogen and oxygen atoms in total. The molecule has 0 saturated heterocycles. The van der Waals surface area contributed by atoms with Crippen LogP contribution >= 0.6 is 22.6 Å². The molecular formula is C27H39IN2O8. The average Bonchev–Trinajstić information content (AvgIpc) is 2.88. The molecule has 0 radical (unpaired) electrons. The topological polar surface area (TPSA) is 138 Å². The Labute approximate surface area is 237 Å². The van der Waals surface area contributed by atoms with E-state index in [2.05, 4.69) is 27.9 Å². The van der Waals surface area contributed by atoms with E-state index >= 15 is 0 Å². The van der Waals surface area contributed by atoms with Gasteiger partial charge in [0.15, 0.2) is 11.5 Å². The number of hydrogen-bond acceptors (Lipinski definition) is 8. The fraction of sp³-hybridized carbons (Fsp3) is 0.556. The zero-order chi connectivity index (χ0) is 28.2. The van der Waals surface area contributed by atoms with Crippen LogP contribution in [0.4, 0.5) is 0 Å². The highest BCUT2D eigenvalue weighted by Gasteiger charge is 2.40. The number of ether oxygens (including phenoxy) is 3. The summed E-state index contributed by atoms with van der Waals surface area (Å²) in [6.45, 7) is 6.51. The number of amides is 2. The molecule has 0 aliphatic heterocycles. The second-order valence-electron chi connectivity index (χ2n) is 9.09. The van der Waals surface area contributed by atoms with Crippen molar-refractivity contribution in [1.29, 1.82) is 0 Å². The number of carbonyl (C=O) groups excluding carboxylic acids is 2. The molecule has 0 spiro atoms. The van der Waals surface area contributed by atoms with Crippen LogP contribution in [-0.4, -0.2) is 90.3 Å². The largest absolute Gasteiger partial charge is 0.493 e. The number of aliphatic hydroxyl groups excluding tert-OH is 3. The zero-order valence-corrected chi connectivity index (χ0v) is 24.6. The van der Waals surface area contributed by atoms with E-state index in [1.165, 1.54) is 13.2 Å². The van der Waals surface area contributed by atoms with Crippen LogP contribution < -0.4 is 14.8 Å². The number of carbonyl (C=O) groups is 2. The van der Waals surface area contributed by atoms with Gasteiger partial charge in [0, 0.05) is 44.4 Å². The Morgan fingerprint density at radius 1 is 1.26 bits per heavy atom. The number of aliphatic hydroxyl groups is 3. The lowest BCUT2D eigenvalue weighted by molar-refractivity contribution is -0.133. The number of halogens is 1. The predicted molar refractivity (Wildman–Crippen MR) is 151 cm³/mol. The van der Waals surface area contributed by atoms with Crippen molar-refractivity contribution in [2.45, 2.75) is 58.5 Å². The van der Waals surface area contributed by atoms with Gasteiger partial charge in [0.1, 0.15) is 12.2 Å². The van der Waals surface area contributed by atoms with Crippen molar-refractivity contribution >= 4 is 34.4 Å². The minimum atomic E-state index is -1.16. The minimum absolute atomic E-state index is 0.0675. The van der Waals surface area contributed by atoms with Gasteiger partial charge in [-0.25, -0.2) is 0 Å². The Balaban J connectivity index is 2.49. The highest BCUT2D eigenvalue weighted by Crippen LogP contribution is 2.37. The third-order valence-corrected chi connectivity index (χ3v) is 6.73. The fourth-order valence-electron chi connectivity index (χ4n) is 4.15. The molecule has 0 heterocycles. The second kappa shape index (κ2) is 16.0. The van der Waals surface area contributed by atoms with E-state index in [4.69, 9.17) is 19.3 Å². The molecule has 4 N–H and O–H groups in total. The van der Waals surface area contributed by atoms with E-state index in [0.29, 0.717) is 52.4 Å². The quantitative estimate of drug-likeness (QED) is 0.137. The molecule has 0 bridgehead atoms. The van der Waals surface area contributed by atoms with E-state index in [0.717, 1.165) is 5.57 Å². The molecule has 1 aromatic carbocycles. The van der Waals surface area contributed by atoms with Gasteiger partial charge in [-0.05, 0) is 73.6 Å². The molecule has 0 unspecified atom stereocenters. The first-order chi connectivity index (χ1) is 18.2. The molecule has 1 aliphatic carbocycles. The predicted octanol–water partition coefficient (Wildman–Crippen LogP) is 1.93. The molecule has 2 rings (SSSR count). The zero-order valence-electron chi connectivity index (χ0n) is 22.4. The number of nitrogens with one attached hydrogen (secondary N) is 1. The fourth-order valence-corrected chi connectivity index (χ4v) is 4.94. The van der Waals surface area contributed by atoms with Crippen molar-refractivity contribution in [1.82, 2.24) is 10.2 Å². The second-order valence-corrected chi connectivity index (χ2v) is 10.2. The van der Waals surface area contributed by atoms with Crippen LogP contribution in [0.5, 0.6) is 11.5 Å². The Bertz CT molecular complexity index is 1010. The van der Waals surface area contributed by atoms with Gasteiger partial charge in [-0.15, -0.1) is 0 Å². The first-order valence-electron chi connectivity index (χ1n) is 12.6. The number of methoxy groups -OCH3 is 1. The average molecular weight is 647 g/mol. The van der Waals surface area contributed by atoms with Gasteiger partial charge in [0.2, 0.25) is 11.8 Å². The Morgan fingerprint density at radius 3 is 2.61 bits per heavy atom. The van der Waals surface area contributed by atoms with Crippen LogP contribution in [0.25, 0.3) is 0 Å². The summed E-state index contributed by atoms with van der Waals surface area (Å²) in [6, 6.07) is 2.62. The molecule has 0 aromatic heterocycles. The van der Waals surface area contributed by atoms with Gasteiger partial charge in [-0.2, -0.15) is 0 Å². The van der Waals surface area contributed by atoms with Crippen molar-refractivity contribution in [3.05, 3.63) is 44.6 Å². The Hall–Kier alpha value is -2.19. The summed E-state index contributed by atoms with van der Waals surface area (Å²) < 4.78 is 17.8. The summed E-state index contributed by atoms with van der Waals surface area (Å²) in [4.78, 5) is 27.8. The number of allylic oxidation sites excluding steroid dienone is 1. The van der Waals surface area contributed by atoms with E-state index in [1.54, 1.807) is 23.1 Å². The van der Waals surface area contributed by atoms with Gasteiger partial charge in [0.05, 0.1) is 29.9 Å². The van der Waals surface area contributed by atoms with Crippen LogP contribution in [0.15, 0.2) is 35.4 Å². The first kappa shape index (κ1) is 32.0. The maximum atomic E-state index is 13.3.